The Kier molecular flexibility index (Phi) is 16.7. The molecule has 7 heteroatoms. The van der Waals surface area contributed by atoms with Gasteiger partial charge in [-0.15, -0.1) is 24.0 Å². The highest BCUT2D eigenvalue weighted by molar-refractivity contribution is 14.0. The molecule has 6 nitrogen and oxygen atoms in total. The normalized spacial score (nSPS) is 17.6. The maximum atomic E-state index is 5.63. The number of aliphatic imine (C=N–C) groups is 1. The number of nitrogens with one attached hydrogen (secondary N) is 2. The van der Waals surface area contributed by atoms with Crippen molar-refractivity contribution in [2.24, 2.45) is 16.8 Å². The summed E-state index contributed by atoms with van der Waals surface area (Å²) in [6.45, 7) is 22.4. The molecule has 0 aromatic heterocycles. The van der Waals surface area contributed by atoms with Gasteiger partial charge in [-0.3, -0.25) is 4.99 Å². The minimum absolute atomic E-state index is 0. The lowest BCUT2D eigenvalue weighted by molar-refractivity contribution is 0.108. The summed E-state index contributed by atoms with van der Waals surface area (Å²) in [6, 6.07) is 0. The number of ether oxygens (including phenoxy) is 1. The van der Waals surface area contributed by atoms with Crippen LogP contribution >= 0.6 is 24.0 Å². The first-order chi connectivity index (χ1) is 12.5. The number of nitrogens with zero attached hydrogens (tertiary/aromatic N) is 3. The second kappa shape index (κ2) is 16.8. The van der Waals surface area contributed by atoms with E-state index in [9.17, 15) is 0 Å². The number of likely N-dealkylation sites (N-methyl/N-ethyl adjacent to an activating group) is 1. The number of hydrogen-bond acceptors (Lipinski definition) is 4. The minimum atomic E-state index is 0. The van der Waals surface area contributed by atoms with Crippen LogP contribution in [0.1, 0.15) is 41.0 Å². The first-order valence-electron chi connectivity index (χ1n) is 10.6. The fourth-order valence-corrected chi connectivity index (χ4v) is 3.08. The van der Waals surface area contributed by atoms with Crippen molar-refractivity contribution in [3.05, 3.63) is 0 Å². The van der Waals surface area contributed by atoms with Gasteiger partial charge in [0.2, 0.25) is 0 Å². The SMILES string of the molecule is CCNC(=NCC(C)CN1CCN(CC)CC1)NCCCOCC(C)C.I. The molecule has 0 aromatic carbocycles. The number of hydrogen-bond donors (Lipinski definition) is 2. The van der Waals surface area contributed by atoms with Gasteiger partial charge >= 0.3 is 0 Å². The third-order valence-electron chi connectivity index (χ3n) is 4.60. The van der Waals surface area contributed by atoms with Gasteiger partial charge in [0.05, 0.1) is 0 Å². The average molecular weight is 498 g/mol. The van der Waals surface area contributed by atoms with Crippen LogP contribution in [0, 0.1) is 11.8 Å². The Morgan fingerprint density at radius 1 is 1.04 bits per heavy atom. The Bertz CT molecular complexity index is 373. The number of guanidine groups is 1. The molecule has 0 amide bonds. The highest BCUT2D eigenvalue weighted by Crippen LogP contribution is 2.06. The van der Waals surface area contributed by atoms with E-state index in [1.807, 2.05) is 0 Å². The van der Waals surface area contributed by atoms with Crippen LogP contribution < -0.4 is 10.6 Å². The molecule has 1 saturated heterocycles. The van der Waals surface area contributed by atoms with Crippen molar-refractivity contribution in [2.45, 2.75) is 41.0 Å². The third-order valence-corrected chi connectivity index (χ3v) is 4.60. The Morgan fingerprint density at radius 2 is 1.70 bits per heavy atom. The molecule has 1 heterocycles. The zero-order valence-corrected chi connectivity index (χ0v) is 20.6. The maximum absolute atomic E-state index is 5.63. The van der Waals surface area contributed by atoms with Crippen LogP contribution in [-0.4, -0.2) is 87.9 Å². The highest BCUT2D eigenvalue weighted by atomic mass is 127. The van der Waals surface area contributed by atoms with Gasteiger partial charge in [0.1, 0.15) is 0 Å². The summed E-state index contributed by atoms with van der Waals surface area (Å²) in [5, 5.41) is 6.76. The van der Waals surface area contributed by atoms with E-state index in [1.165, 1.54) is 32.7 Å². The molecule has 0 aromatic rings. The van der Waals surface area contributed by atoms with Crippen molar-refractivity contribution >= 4 is 29.9 Å². The fraction of sp³-hybridized carbons (Fsp3) is 0.950. The van der Waals surface area contributed by atoms with E-state index in [0.29, 0.717) is 11.8 Å². The van der Waals surface area contributed by atoms with E-state index < -0.39 is 0 Å². The molecule has 0 radical (unpaired) electrons. The lowest BCUT2D eigenvalue weighted by Crippen LogP contribution is -2.47. The van der Waals surface area contributed by atoms with Crippen LogP contribution in [0.4, 0.5) is 0 Å². The average Bonchev–Trinajstić information content (AvgIpc) is 2.62. The van der Waals surface area contributed by atoms with E-state index in [-0.39, 0.29) is 24.0 Å². The first kappa shape index (κ1) is 26.9. The van der Waals surface area contributed by atoms with E-state index in [0.717, 1.165) is 51.8 Å². The molecule has 162 valence electrons. The summed E-state index contributed by atoms with van der Waals surface area (Å²) >= 11 is 0. The summed E-state index contributed by atoms with van der Waals surface area (Å²) in [5.41, 5.74) is 0. The molecule has 0 saturated carbocycles. The van der Waals surface area contributed by atoms with Gasteiger partial charge in [-0.1, -0.05) is 27.7 Å². The second-order valence-corrected chi connectivity index (χ2v) is 7.81. The molecule has 1 fully saturated rings. The number of rotatable bonds is 12. The fourth-order valence-electron chi connectivity index (χ4n) is 3.08. The van der Waals surface area contributed by atoms with Crippen molar-refractivity contribution in [3.63, 3.8) is 0 Å². The Labute approximate surface area is 184 Å². The smallest absolute Gasteiger partial charge is 0.191 e. The lowest BCUT2D eigenvalue weighted by atomic mass is 10.1. The summed E-state index contributed by atoms with van der Waals surface area (Å²) in [7, 11) is 0. The lowest BCUT2D eigenvalue weighted by Gasteiger charge is -2.35. The van der Waals surface area contributed by atoms with E-state index in [2.05, 4.69) is 55.1 Å². The molecule has 1 aliphatic heterocycles. The van der Waals surface area contributed by atoms with Gasteiger partial charge in [0, 0.05) is 65.6 Å². The molecule has 2 N–H and O–H groups in total. The molecule has 27 heavy (non-hydrogen) atoms. The monoisotopic (exact) mass is 497 g/mol. The van der Waals surface area contributed by atoms with Gasteiger partial charge < -0.3 is 25.2 Å². The molecule has 1 aliphatic rings. The predicted octanol–water partition coefficient (Wildman–Crippen LogP) is 2.50. The van der Waals surface area contributed by atoms with Crippen LogP contribution in [0.15, 0.2) is 4.99 Å². The molecular weight excluding hydrogens is 453 g/mol. The number of piperazine rings is 1. The van der Waals surface area contributed by atoms with Gasteiger partial charge in [-0.05, 0) is 31.7 Å². The molecule has 1 unspecified atom stereocenters. The van der Waals surface area contributed by atoms with Crippen molar-refractivity contribution in [1.29, 1.82) is 0 Å². The maximum Gasteiger partial charge on any atom is 0.191 e. The quantitative estimate of drug-likeness (QED) is 0.188. The van der Waals surface area contributed by atoms with Crippen LogP contribution in [0.3, 0.4) is 0 Å². The molecule has 1 atom stereocenters. The molecule has 0 bridgehead atoms. The van der Waals surface area contributed by atoms with Gasteiger partial charge in [0.15, 0.2) is 5.96 Å². The molecule has 0 aliphatic carbocycles. The zero-order valence-electron chi connectivity index (χ0n) is 18.3. The highest BCUT2D eigenvalue weighted by Gasteiger charge is 2.17. The van der Waals surface area contributed by atoms with Crippen LogP contribution in [-0.2, 0) is 4.74 Å². The largest absolute Gasteiger partial charge is 0.381 e. The van der Waals surface area contributed by atoms with E-state index in [4.69, 9.17) is 9.73 Å². The predicted molar refractivity (Wildman–Crippen MR) is 127 cm³/mol. The second-order valence-electron chi connectivity index (χ2n) is 7.81. The Hall–Kier alpha value is -0.120. The van der Waals surface area contributed by atoms with E-state index in [1.54, 1.807) is 0 Å². The van der Waals surface area contributed by atoms with Crippen LogP contribution in [0.5, 0.6) is 0 Å². The third kappa shape index (κ3) is 13.7. The summed E-state index contributed by atoms with van der Waals surface area (Å²) in [4.78, 5) is 9.88. The van der Waals surface area contributed by atoms with Crippen molar-refractivity contribution in [1.82, 2.24) is 20.4 Å². The molecular formula is C20H44IN5O. The Morgan fingerprint density at radius 3 is 2.30 bits per heavy atom. The summed E-state index contributed by atoms with van der Waals surface area (Å²) < 4.78 is 5.63. The van der Waals surface area contributed by atoms with E-state index >= 15 is 0 Å². The first-order valence-corrected chi connectivity index (χ1v) is 10.6. The van der Waals surface area contributed by atoms with Crippen molar-refractivity contribution < 1.29 is 4.74 Å². The summed E-state index contributed by atoms with van der Waals surface area (Å²) in [6.07, 6.45) is 1.01. The van der Waals surface area contributed by atoms with Crippen molar-refractivity contribution in [2.75, 3.05) is 72.1 Å². The number of halogens is 1. The standard InChI is InChI=1S/C20H43N5O.HI/c1-6-21-20(22-9-8-14-26-17-18(3)4)23-15-19(5)16-25-12-10-24(7-2)11-13-25;/h18-19H,6-17H2,1-5H3,(H2,21,22,23);1H. The zero-order chi connectivity index (χ0) is 19.2. The van der Waals surface area contributed by atoms with Crippen molar-refractivity contribution in [3.8, 4) is 0 Å². The van der Waals surface area contributed by atoms with Crippen LogP contribution in [0.2, 0.25) is 0 Å². The summed E-state index contributed by atoms with van der Waals surface area (Å²) in [5.74, 6) is 2.11. The Balaban J connectivity index is 0.00000676. The van der Waals surface area contributed by atoms with Gasteiger partial charge in [0.25, 0.3) is 0 Å². The topological polar surface area (TPSA) is 52.1 Å². The molecule has 1 rings (SSSR count). The van der Waals surface area contributed by atoms with Crippen LogP contribution in [0.25, 0.3) is 0 Å². The molecule has 0 spiro atoms. The van der Waals surface area contributed by atoms with Gasteiger partial charge in [-0.25, -0.2) is 0 Å². The van der Waals surface area contributed by atoms with Gasteiger partial charge in [-0.2, -0.15) is 0 Å². The minimum Gasteiger partial charge on any atom is -0.381 e.